The molecule has 3 atom stereocenters. The van der Waals surface area contributed by atoms with Gasteiger partial charge in [0.2, 0.25) is 11.8 Å². The lowest BCUT2D eigenvalue weighted by Gasteiger charge is -2.39. The maximum Gasteiger partial charge on any atom is 0.410 e. The number of rotatable bonds is 14. The molecule has 0 saturated carbocycles. The quantitative estimate of drug-likeness (QED) is 0.0816. The molecule has 9 nitrogen and oxygen atoms in total. The lowest BCUT2D eigenvalue weighted by Crippen LogP contribution is -2.57. The molecule has 7 rings (SSSR count). The van der Waals surface area contributed by atoms with Gasteiger partial charge in [-0.3, -0.25) is 19.3 Å². The third-order valence-electron chi connectivity index (χ3n) is 12.4. The Morgan fingerprint density at radius 2 is 1.27 bits per heavy atom. The summed E-state index contributed by atoms with van der Waals surface area (Å²) in [5.41, 5.74) is 5.79. The number of benzene rings is 5. The van der Waals surface area contributed by atoms with Gasteiger partial charge in [-0.15, -0.1) is 0 Å². The van der Waals surface area contributed by atoms with E-state index >= 15 is 0 Å². The van der Waals surface area contributed by atoms with Gasteiger partial charge in [-0.25, -0.2) is 4.79 Å². The third-order valence-corrected chi connectivity index (χ3v) is 12.7. The van der Waals surface area contributed by atoms with Crippen LogP contribution < -0.4 is 0 Å². The predicted octanol–water partition coefficient (Wildman–Crippen LogP) is 10.0. The zero-order valence-electron chi connectivity index (χ0n) is 36.3. The molecule has 5 aromatic rings. The van der Waals surface area contributed by atoms with Crippen LogP contribution in [0.3, 0.4) is 0 Å². The van der Waals surface area contributed by atoms with E-state index in [1.807, 2.05) is 118 Å². The minimum absolute atomic E-state index is 0.000911. The number of halogens is 1. The van der Waals surface area contributed by atoms with Gasteiger partial charge in [0, 0.05) is 54.8 Å². The van der Waals surface area contributed by atoms with Crippen molar-refractivity contribution in [3.63, 3.8) is 0 Å². The van der Waals surface area contributed by atoms with Crippen LogP contribution in [0.4, 0.5) is 4.79 Å². The standard InChI is InChI=1S/C52H56ClN3O6/c1-35(2)32-46(55(5)51(60)61-34-43-41-22-12-10-20-39(41)40-21-11-13-23-42(40)43)49(58)54(4)47(50(59)56-30-16-7-17-31-56)33-48(57)62-52(37-18-8-6-9-19-37,38-28-26-36(3)27-29-38)44-24-14-15-25-45(44)53/h6,8-15,18-29,35,43,46-47H,7,16-17,30-34H2,1-5H3/t46-,47-,52?/m0/s1. The summed E-state index contributed by atoms with van der Waals surface area (Å²) in [6, 6.07) is 38.4. The van der Waals surface area contributed by atoms with E-state index in [0.29, 0.717) is 41.2 Å². The molecular formula is C52H56ClN3O6. The number of aryl methyl sites for hydroxylation is 1. The van der Waals surface area contributed by atoms with E-state index in [2.05, 4.69) is 24.3 Å². The number of likely N-dealkylation sites (tertiary alicyclic amines) is 1. The lowest BCUT2D eigenvalue weighted by molar-refractivity contribution is -0.160. The summed E-state index contributed by atoms with van der Waals surface area (Å²) < 4.78 is 12.8. The molecule has 0 N–H and O–H groups in total. The minimum Gasteiger partial charge on any atom is -0.448 e. The van der Waals surface area contributed by atoms with Crippen LogP contribution in [0.1, 0.15) is 85.3 Å². The summed E-state index contributed by atoms with van der Waals surface area (Å²) in [7, 11) is 3.10. The van der Waals surface area contributed by atoms with Crippen molar-refractivity contribution in [3.8, 4) is 11.1 Å². The fourth-order valence-electron chi connectivity index (χ4n) is 9.03. The number of carbonyl (C=O) groups is 4. The lowest BCUT2D eigenvalue weighted by atomic mass is 9.79. The van der Waals surface area contributed by atoms with E-state index < -0.39 is 42.1 Å². The van der Waals surface area contributed by atoms with Crippen molar-refractivity contribution in [2.24, 2.45) is 5.92 Å². The topological polar surface area (TPSA) is 96.5 Å². The molecule has 62 heavy (non-hydrogen) atoms. The van der Waals surface area contributed by atoms with Crippen molar-refractivity contribution < 1.29 is 28.7 Å². The largest absolute Gasteiger partial charge is 0.448 e. The van der Waals surface area contributed by atoms with Crippen molar-refractivity contribution >= 4 is 35.5 Å². The Balaban J connectivity index is 1.18. The summed E-state index contributed by atoms with van der Waals surface area (Å²) in [6.45, 7) is 7.05. The van der Waals surface area contributed by atoms with Crippen LogP contribution in [0, 0.1) is 12.8 Å². The predicted molar refractivity (Wildman–Crippen MR) is 243 cm³/mol. The van der Waals surface area contributed by atoms with Crippen LogP contribution in [0.25, 0.3) is 11.1 Å². The van der Waals surface area contributed by atoms with Gasteiger partial charge < -0.3 is 19.3 Å². The zero-order chi connectivity index (χ0) is 44.0. The number of likely N-dealkylation sites (N-methyl/N-ethyl adjacent to an activating group) is 2. The first kappa shape index (κ1) is 44.1. The highest BCUT2D eigenvalue weighted by Gasteiger charge is 2.45. The number of carbonyl (C=O) groups excluding carboxylic acids is 4. The monoisotopic (exact) mass is 853 g/mol. The van der Waals surface area contributed by atoms with Crippen LogP contribution in [0.15, 0.2) is 127 Å². The Morgan fingerprint density at radius 3 is 1.89 bits per heavy atom. The van der Waals surface area contributed by atoms with Gasteiger partial charge in [-0.1, -0.05) is 152 Å². The van der Waals surface area contributed by atoms with Crippen LogP contribution in [0.2, 0.25) is 5.02 Å². The average molecular weight is 854 g/mol. The van der Waals surface area contributed by atoms with E-state index in [4.69, 9.17) is 21.1 Å². The van der Waals surface area contributed by atoms with Gasteiger partial charge in [0.1, 0.15) is 18.7 Å². The molecule has 1 fully saturated rings. The number of nitrogens with zero attached hydrogens (tertiary/aromatic N) is 3. The van der Waals surface area contributed by atoms with Gasteiger partial charge in [-0.2, -0.15) is 0 Å². The number of hydrogen-bond donors (Lipinski definition) is 0. The third kappa shape index (κ3) is 9.14. The van der Waals surface area contributed by atoms with Crippen molar-refractivity contribution in [2.75, 3.05) is 33.8 Å². The minimum atomic E-state index is -1.50. The van der Waals surface area contributed by atoms with Crippen LogP contribution in [-0.4, -0.2) is 84.5 Å². The zero-order valence-corrected chi connectivity index (χ0v) is 37.0. The van der Waals surface area contributed by atoms with Gasteiger partial charge in [0.25, 0.3) is 0 Å². The first-order chi connectivity index (χ1) is 29.9. The van der Waals surface area contributed by atoms with Crippen LogP contribution in [-0.2, 0) is 29.5 Å². The normalized spacial score (nSPS) is 15.4. The molecule has 3 amide bonds. The van der Waals surface area contributed by atoms with E-state index in [9.17, 15) is 19.2 Å². The first-order valence-electron chi connectivity index (χ1n) is 21.6. The molecule has 1 unspecified atom stereocenters. The van der Waals surface area contributed by atoms with Gasteiger partial charge in [0.05, 0.1) is 6.42 Å². The molecule has 0 bridgehead atoms. The Bertz CT molecular complexity index is 2330. The van der Waals surface area contributed by atoms with Crippen LogP contribution >= 0.6 is 11.6 Å². The number of ether oxygens (including phenoxy) is 2. The highest BCUT2D eigenvalue weighted by atomic mass is 35.5. The molecule has 0 radical (unpaired) electrons. The van der Waals surface area contributed by atoms with Gasteiger partial charge in [-0.05, 0) is 66.8 Å². The van der Waals surface area contributed by atoms with Crippen molar-refractivity contribution in [3.05, 3.63) is 166 Å². The molecule has 10 heteroatoms. The van der Waals surface area contributed by atoms with Crippen molar-refractivity contribution in [2.45, 2.75) is 76.5 Å². The molecule has 1 saturated heterocycles. The molecule has 0 aromatic heterocycles. The Morgan fingerprint density at radius 1 is 0.710 bits per heavy atom. The summed E-state index contributed by atoms with van der Waals surface area (Å²) in [4.78, 5) is 62.7. The second kappa shape index (κ2) is 19.4. The SMILES string of the molecule is Cc1ccc(C(OC(=O)C[C@@H](C(=O)N2CCCCC2)N(C)C(=O)[C@H](CC(C)C)N(C)C(=O)OCC2c3ccccc3-c3ccccc32)(c2ccccc2)c2ccccc2Cl)cc1. The Hall–Kier alpha value is -5.93. The molecular weight excluding hydrogens is 798 g/mol. The number of hydrogen-bond acceptors (Lipinski definition) is 6. The molecule has 0 spiro atoms. The maximum atomic E-state index is 14.9. The summed E-state index contributed by atoms with van der Waals surface area (Å²) >= 11 is 6.96. The van der Waals surface area contributed by atoms with E-state index in [1.165, 1.54) is 9.80 Å². The first-order valence-corrected chi connectivity index (χ1v) is 22.0. The van der Waals surface area contributed by atoms with E-state index in [0.717, 1.165) is 47.1 Å². The molecule has 2 aliphatic rings. The fourth-order valence-corrected chi connectivity index (χ4v) is 9.30. The van der Waals surface area contributed by atoms with E-state index in [1.54, 1.807) is 25.1 Å². The second-order valence-corrected chi connectivity index (χ2v) is 17.4. The number of amides is 3. The molecule has 1 aliphatic heterocycles. The molecule has 322 valence electrons. The number of esters is 1. The Kier molecular flexibility index (Phi) is 13.8. The van der Waals surface area contributed by atoms with Crippen molar-refractivity contribution in [1.82, 2.24) is 14.7 Å². The summed E-state index contributed by atoms with van der Waals surface area (Å²) in [5.74, 6) is -1.68. The maximum absolute atomic E-state index is 14.9. The van der Waals surface area contributed by atoms with E-state index in [-0.39, 0.29) is 24.3 Å². The number of fused-ring (bicyclic) bond motifs is 3. The second-order valence-electron chi connectivity index (χ2n) is 17.0. The Labute approximate surface area is 370 Å². The van der Waals surface area contributed by atoms with Gasteiger partial charge >= 0.3 is 12.1 Å². The van der Waals surface area contributed by atoms with Crippen LogP contribution in [0.5, 0.6) is 0 Å². The number of piperidine rings is 1. The summed E-state index contributed by atoms with van der Waals surface area (Å²) in [5, 5.41) is 0.394. The highest BCUT2D eigenvalue weighted by molar-refractivity contribution is 6.31. The molecule has 1 aliphatic carbocycles. The van der Waals surface area contributed by atoms with Gasteiger partial charge in [0.15, 0.2) is 5.60 Å². The fraction of sp³-hybridized carbons (Fsp3) is 0.346. The highest BCUT2D eigenvalue weighted by Crippen LogP contribution is 2.46. The smallest absolute Gasteiger partial charge is 0.410 e. The molecule has 1 heterocycles. The molecule has 5 aromatic carbocycles. The van der Waals surface area contributed by atoms with Crippen molar-refractivity contribution in [1.29, 1.82) is 0 Å². The summed E-state index contributed by atoms with van der Waals surface area (Å²) in [6.07, 6.45) is 1.83. The average Bonchev–Trinajstić information content (AvgIpc) is 3.61.